The van der Waals surface area contributed by atoms with Gasteiger partial charge in [0.2, 0.25) is 5.91 Å². The molecule has 0 aromatic carbocycles. The lowest BCUT2D eigenvalue weighted by Crippen LogP contribution is -2.44. The highest BCUT2D eigenvalue weighted by atomic mass is 32.2. The molecular weight excluding hydrogens is 196 g/mol. The van der Waals surface area contributed by atoms with Gasteiger partial charge < -0.3 is 10.2 Å². The maximum atomic E-state index is 11.6. The Labute approximate surface area is 89.9 Å². The zero-order valence-corrected chi connectivity index (χ0v) is 9.48. The SMILES string of the molecule is C=CCNCC(=O)N1CCSC(C)C1. The molecule has 1 saturated heterocycles. The van der Waals surface area contributed by atoms with Crippen LogP contribution in [-0.2, 0) is 4.79 Å². The van der Waals surface area contributed by atoms with Crippen LogP contribution in [0.2, 0.25) is 0 Å². The summed E-state index contributed by atoms with van der Waals surface area (Å²) in [6.07, 6.45) is 1.77. The molecule has 1 aliphatic rings. The van der Waals surface area contributed by atoms with Crippen LogP contribution in [0.3, 0.4) is 0 Å². The second kappa shape index (κ2) is 6.09. The van der Waals surface area contributed by atoms with Gasteiger partial charge in [0.05, 0.1) is 6.54 Å². The third-order valence-electron chi connectivity index (χ3n) is 2.16. The van der Waals surface area contributed by atoms with Crippen LogP contribution < -0.4 is 5.32 Å². The maximum Gasteiger partial charge on any atom is 0.236 e. The first-order valence-electron chi connectivity index (χ1n) is 4.95. The minimum Gasteiger partial charge on any atom is -0.340 e. The number of nitrogens with zero attached hydrogens (tertiary/aromatic N) is 1. The van der Waals surface area contributed by atoms with Crippen LogP contribution >= 0.6 is 11.8 Å². The van der Waals surface area contributed by atoms with Crippen LogP contribution in [0.1, 0.15) is 6.92 Å². The van der Waals surface area contributed by atoms with Crippen molar-refractivity contribution >= 4 is 17.7 Å². The number of thioether (sulfide) groups is 1. The number of carbonyl (C=O) groups excluding carboxylic acids is 1. The molecule has 1 heterocycles. The fraction of sp³-hybridized carbons (Fsp3) is 0.700. The number of hydrogen-bond acceptors (Lipinski definition) is 3. The normalized spacial score (nSPS) is 22.1. The molecule has 80 valence electrons. The van der Waals surface area contributed by atoms with Crippen LogP contribution in [0.4, 0.5) is 0 Å². The lowest BCUT2D eigenvalue weighted by Gasteiger charge is -2.30. The maximum absolute atomic E-state index is 11.6. The summed E-state index contributed by atoms with van der Waals surface area (Å²) in [5.74, 6) is 1.27. The summed E-state index contributed by atoms with van der Waals surface area (Å²) in [5, 5.41) is 3.61. The van der Waals surface area contributed by atoms with E-state index in [0.29, 0.717) is 18.3 Å². The molecule has 0 saturated carbocycles. The highest BCUT2D eigenvalue weighted by molar-refractivity contribution is 7.99. The van der Waals surface area contributed by atoms with E-state index in [0.717, 1.165) is 18.8 Å². The van der Waals surface area contributed by atoms with Gasteiger partial charge in [-0.25, -0.2) is 0 Å². The van der Waals surface area contributed by atoms with Crippen molar-refractivity contribution in [3.63, 3.8) is 0 Å². The number of amides is 1. The van der Waals surface area contributed by atoms with E-state index in [4.69, 9.17) is 0 Å². The Bertz CT molecular complexity index is 208. The summed E-state index contributed by atoms with van der Waals surface area (Å²) in [7, 11) is 0. The van der Waals surface area contributed by atoms with Gasteiger partial charge in [-0.05, 0) is 0 Å². The molecule has 1 rings (SSSR count). The summed E-state index contributed by atoms with van der Waals surface area (Å²) in [5.41, 5.74) is 0. The standard InChI is InChI=1S/C10H18N2OS/c1-3-4-11-7-10(13)12-5-6-14-9(2)8-12/h3,9,11H,1,4-8H2,2H3. The predicted molar refractivity (Wildman–Crippen MR) is 61.6 cm³/mol. The molecule has 0 bridgehead atoms. The van der Waals surface area contributed by atoms with E-state index in [-0.39, 0.29) is 5.91 Å². The Morgan fingerprint density at radius 2 is 2.57 bits per heavy atom. The molecule has 0 aliphatic carbocycles. The molecule has 0 radical (unpaired) electrons. The number of hydrogen-bond donors (Lipinski definition) is 1. The zero-order chi connectivity index (χ0) is 10.4. The van der Waals surface area contributed by atoms with Crippen molar-refractivity contribution < 1.29 is 4.79 Å². The molecule has 1 fully saturated rings. The van der Waals surface area contributed by atoms with Crippen molar-refractivity contribution in [1.82, 2.24) is 10.2 Å². The fourth-order valence-corrected chi connectivity index (χ4v) is 2.45. The molecule has 3 nitrogen and oxygen atoms in total. The van der Waals surface area contributed by atoms with Gasteiger partial charge in [-0.1, -0.05) is 13.0 Å². The summed E-state index contributed by atoms with van der Waals surface area (Å²) in [6, 6.07) is 0. The molecule has 1 aliphatic heterocycles. The molecule has 0 aromatic rings. The Morgan fingerprint density at radius 3 is 3.21 bits per heavy atom. The first-order chi connectivity index (χ1) is 6.74. The van der Waals surface area contributed by atoms with Crippen LogP contribution in [0.15, 0.2) is 12.7 Å². The quantitative estimate of drug-likeness (QED) is 0.553. The highest BCUT2D eigenvalue weighted by Gasteiger charge is 2.20. The molecule has 14 heavy (non-hydrogen) atoms. The van der Waals surface area contributed by atoms with Gasteiger partial charge in [-0.3, -0.25) is 4.79 Å². The number of nitrogens with one attached hydrogen (secondary N) is 1. The summed E-state index contributed by atoms with van der Waals surface area (Å²) in [4.78, 5) is 13.6. The van der Waals surface area contributed by atoms with Gasteiger partial charge in [0.1, 0.15) is 0 Å². The van der Waals surface area contributed by atoms with Crippen LogP contribution in [0, 0.1) is 0 Å². The Hall–Kier alpha value is -0.480. The molecule has 1 unspecified atom stereocenters. The second-order valence-electron chi connectivity index (χ2n) is 3.44. The van der Waals surface area contributed by atoms with E-state index in [1.165, 1.54) is 0 Å². The lowest BCUT2D eigenvalue weighted by atomic mass is 10.3. The molecular formula is C10H18N2OS. The van der Waals surface area contributed by atoms with Gasteiger partial charge in [-0.15, -0.1) is 6.58 Å². The molecule has 1 atom stereocenters. The summed E-state index contributed by atoms with van der Waals surface area (Å²) in [6.45, 7) is 8.67. The largest absolute Gasteiger partial charge is 0.340 e. The molecule has 4 heteroatoms. The molecule has 0 aromatic heterocycles. The van der Waals surface area contributed by atoms with Crippen LogP contribution in [-0.4, -0.2) is 48.0 Å². The minimum atomic E-state index is 0.207. The van der Waals surface area contributed by atoms with Gasteiger partial charge >= 0.3 is 0 Å². The summed E-state index contributed by atoms with van der Waals surface area (Å²) >= 11 is 1.94. The zero-order valence-electron chi connectivity index (χ0n) is 8.66. The second-order valence-corrected chi connectivity index (χ2v) is 4.99. The highest BCUT2D eigenvalue weighted by Crippen LogP contribution is 2.17. The van der Waals surface area contributed by atoms with Crippen molar-refractivity contribution in [2.45, 2.75) is 12.2 Å². The van der Waals surface area contributed by atoms with Gasteiger partial charge in [0.15, 0.2) is 0 Å². The van der Waals surface area contributed by atoms with Crippen molar-refractivity contribution in [1.29, 1.82) is 0 Å². The van der Waals surface area contributed by atoms with Crippen molar-refractivity contribution in [2.24, 2.45) is 0 Å². The molecule has 1 amide bonds. The third kappa shape index (κ3) is 3.72. The molecule has 0 spiro atoms. The van der Waals surface area contributed by atoms with Crippen LogP contribution in [0.5, 0.6) is 0 Å². The first-order valence-corrected chi connectivity index (χ1v) is 6.00. The van der Waals surface area contributed by atoms with Gasteiger partial charge in [0.25, 0.3) is 0 Å². The average molecular weight is 214 g/mol. The Morgan fingerprint density at radius 1 is 1.79 bits per heavy atom. The molecule has 1 N–H and O–H groups in total. The minimum absolute atomic E-state index is 0.207. The van der Waals surface area contributed by atoms with E-state index in [2.05, 4.69) is 18.8 Å². The topological polar surface area (TPSA) is 32.3 Å². The van der Waals surface area contributed by atoms with Crippen molar-refractivity contribution in [3.8, 4) is 0 Å². The van der Waals surface area contributed by atoms with E-state index in [1.807, 2.05) is 16.7 Å². The summed E-state index contributed by atoms with van der Waals surface area (Å²) < 4.78 is 0. The van der Waals surface area contributed by atoms with Gasteiger partial charge in [0, 0.05) is 30.6 Å². The van der Waals surface area contributed by atoms with Crippen LogP contribution in [0.25, 0.3) is 0 Å². The van der Waals surface area contributed by atoms with E-state index in [1.54, 1.807) is 6.08 Å². The number of rotatable bonds is 4. The van der Waals surface area contributed by atoms with E-state index in [9.17, 15) is 4.79 Å². The first kappa shape index (κ1) is 11.6. The predicted octanol–water partition coefficient (Wildman–Crippen LogP) is 0.726. The Balaban J connectivity index is 2.25. The Kier molecular flexibility index (Phi) is 5.04. The van der Waals surface area contributed by atoms with Crippen molar-refractivity contribution in [2.75, 3.05) is 31.9 Å². The van der Waals surface area contributed by atoms with E-state index < -0.39 is 0 Å². The monoisotopic (exact) mass is 214 g/mol. The van der Waals surface area contributed by atoms with Gasteiger partial charge in [-0.2, -0.15) is 11.8 Å². The smallest absolute Gasteiger partial charge is 0.236 e. The van der Waals surface area contributed by atoms with Crippen molar-refractivity contribution in [3.05, 3.63) is 12.7 Å². The number of carbonyl (C=O) groups is 1. The lowest BCUT2D eigenvalue weighted by molar-refractivity contribution is -0.130. The van der Waals surface area contributed by atoms with E-state index >= 15 is 0 Å². The fourth-order valence-electron chi connectivity index (χ4n) is 1.44. The third-order valence-corrected chi connectivity index (χ3v) is 3.30. The average Bonchev–Trinajstić information content (AvgIpc) is 2.18.